The minimum Gasteiger partial charge on any atom is -0.365 e. The molecule has 0 saturated heterocycles. The van der Waals surface area contributed by atoms with Crippen LogP contribution in [0.5, 0.6) is 0 Å². The van der Waals surface area contributed by atoms with Crippen molar-refractivity contribution in [3.63, 3.8) is 0 Å². The summed E-state index contributed by atoms with van der Waals surface area (Å²) in [6, 6.07) is 11.9. The second-order valence-corrected chi connectivity index (χ2v) is 5.76. The highest BCUT2D eigenvalue weighted by molar-refractivity contribution is 6.36. The maximum Gasteiger partial charge on any atom is 0.161 e. The van der Waals surface area contributed by atoms with Gasteiger partial charge in [0.1, 0.15) is 6.04 Å². The zero-order valence-electron chi connectivity index (χ0n) is 12.2. The van der Waals surface area contributed by atoms with Crippen molar-refractivity contribution < 1.29 is 4.79 Å². The van der Waals surface area contributed by atoms with Gasteiger partial charge in [-0.05, 0) is 43.7 Å². The van der Waals surface area contributed by atoms with Gasteiger partial charge >= 0.3 is 0 Å². The maximum absolute atomic E-state index is 11.7. The highest BCUT2D eigenvalue weighted by Gasteiger charge is 2.19. The predicted octanol–water partition coefficient (Wildman–Crippen LogP) is 5.18. The molecule has 1 atom stereocenters. The van der Waals surface area contributed by atoms with Crippen LogP contribution in [0.15, 0.2) is 36.4 Å². The molecule has 0 aromatic heterocycles. The lowest BCUT2D eigenvalue weighted by molar-refractivity contribution is 0.101. The van der Waals surface area contributed by atoms with Gasteiger partial charge in [0.05, 0.1) is 6.07 Å². The molecule has 112 valence electrons. The fraction of sp³-hybridized carbons (Fsp3) is 0.176. The van der Waals surface area contributed by atoms with Crippen LogP contribution in [-0.2, 0) is 0 Å². The van der Waals surface area contributed by atoms with Crippen LogP contribution in [0.3, 0.4) is 0 Å². The number of nitriles is 1. The summed E-state index contributed by atoms with van der Waals surface area (Å²) in [4.78, 5) is 11.7. The summed E-state index contributed by atoms with van der Waals surface area (Å²) in [6.07, 6.45) is 0. The van der Waals surface area contributed by atoms with Crippen LogP contribution in [0.2, 0.25) is 10.0 Å². The van der Waals surface area contributed by atoms with E-state index in [2.05, 4.69) is 11.4 Å². The Kier molecular flexibility index (Phi) is 5.07. The lowest BCUT2D eigenvalue weighted by Gasteiger charge is -2.18. The van der Waals surface area contributed by atoms with Crippen LogP contribution in [0.1, 0.15) is 34.5 Å². The molecule has 0 heterocycles. The number of aryl methyl sites for hydroxylation is 1. The molecule has 0 bridgehead atoms. The predicted molar refractivity (Wildman–Crippen MR) is 89.6 cm³/mol. The number of ketones is 1. The first-order chi connectivity index (χ1) is 10.4. The first kappa shape index (κ1) is 16.4. The molecule has 22 heavy (non-hydrogen) atoms. The topological polar surface area (TPSA) is 52.9 Å². The lowest BCUT2D eigenvalue weighted by Crippen LogP contribution is -2.12. The Morgan fingerprint density at radius 3 is 2.41 bits per heavy atom. The van der Waals surface area contributed by atoms with E-state index < -0.39 is 6.04 Å². The van der Waals surface area contributed by atoms with Crippen molar-refractivity contribution in [2.45, 2.75) is 19.9 Å². The van der Waals surface area contributed by atoms with Crippen molar-refractivity contribution in [3.05, 3.63) is 63.1 Å². The summed E-state index contributed by atoms with van der Waals surface area (Å²) in [5, 5.41) is 13.4. The van der Waals surface area contributed by atoms with E-state index in [1.807, 2.05) is 19.1 Å². The Morgan fingerprint density at radius 2 is 1.86 bits per heavy atom. The van der Waals surface area contributed by atoms with Crippen molar-refractivity contribution >= 4 is 34.7 Å². The quantitative estimate of drug-likeness (QED) is 0.784. The number of hydrogen-bond donors (Lipinski definition) is 1. The molecule has 0 aliphatic carbocycles. The third-order valence-electron chi connectivity index (χ3n) is 3.27. The van der Waals surface area contributed by atoms with Gasteiger partial charge in [0.25, 0.3) is 0 Å². The molecule has 1 unspecified atom stereocenters. The van der Waals surface area contributed by atoms with Crippen LogP contribution < -0.4 is 5.32 Å². The SMILES string of the molecule is CC(=O)c1ccc(C)cc1NC(C#N)c1c(Cl)cccc1Cl. The van der Waals surface area contributed by atoms with Gasteiger partial charge in [0.2, 0.25) is 0 Å². The summed E-state index contributed by atoms with van der Waals surface area (Å²) >= 11 is 12.3. The number of rotatable bonds is 4. The highest BCUT2D eigenvalue weighted by atomic mass is 35.5. The van der Waals surface area contributed by atoms with Crippen LogP contribution in [0.25, 0.3) is 0 Å². The number of benzene rings is 2. The van der Waals surface area contributed by atoms with Crippen LogP contribution >= 0.6 is 23.2 Å². The normalized spacial score (nSPS) is 11.6. The molecule has 1 N–H and O–H groups in total. The maximum atomic E-state index is 11.7. The van der Waals surface area contributed by atoms with Gasteiger partial charge in [-0.15, -0.1) is 0 Å². The van der Waals surface area contributed by atoms with E-state index in [1.165, 1.54) is 6.92 Å². The molecule has 2 rings (SSSR count). The van der Waals surface area contributed by atoms with Gasteiger partial charge in [0.15, 0.2) is 5.78 Å². The third-order valence-corrected chi connectivity index (χ3v) is 3.93. The molecule has 0 saturated carbocycles. The number of Topliss-reactive ketones (excluding diaryl/α,β-unsaturated/α-hetero) is 1. The number of carbonyl (C=O) groups excluding carboxylic acids is 1. The first-order valence-corrected chi connectivity index (χ1v) is 7.41. The summed E-state index contributed by atoms with van der Waals surface area (Å²) in [6.45, 7) is 3.40. The second-order valence-electron chi connectivity index (χ2n) is 4.95. The van der Waals surface area contributed by atoms with E-state index in [1.54, 1.807) is 24.3 Å². The molecular formula is C17H14Cl2N2O. The Labute approximate surface area is 139 Å². The number of nitrogens with one attached hydrogen (secondary N) is 1. The molecule has 0 fully saturated rings. The molecule has 3 nitrogen and oxygen atoms in total. The molecule has 2 aromatic carbocycles. The Morgan fingerprint density at radius 1 is 1.23 bits per heavy atom. The molecule has 0 amide bonds. The molecule has 0 radical (unpaired) electrons. The Bertz CT molecular complexity index is 745. The van der Waals surface area contributed by atoms with Gasteiger partial charge in [-0.1, -0.05) is 35.3 Å². The van der Waals surface area contributed by atoms with Crippen molar-refractivity contribution in [1.82, 2.24) is 0 Å². The molecule has 5 heteroatoms. The highest BCUT2D eigenvalue weighted by Crippen LogP contribution is 2.33. The van der Waals surface area contributed by atoms with Crippen molar-refractivity contribution in [1.29, 1.82) is 5.26 Å². The summed E-state index contributed by atoms with van der Waals surface area (Å²) in [5.41, 5.74) is 2.60. The molecular weight excluding hydrogens is 319 g/mol. The second kappa shape index (κ2) is 6.83. The van der Waals surface area contributed by atoms with Crippen LogP contribution in [0.4, 0.5) is 5.69 Å². The molecule has 0 aliphatic rings. The smallest absolute Gasteiger partial charge is 0.161 e. The standard InChI is InChI=1S/C17H14Cl2N2O/c1-10-6-7-12(11(2)22)15(8-10)21-16(9-20)17-13(18)4-3-5-14(17)19/h3-8,16,21H,1-2H3. The molecule has 0 aliphatic heterocycles. The van der Waals surface area contributed by atoms with Crippen molar-refractivity contribution in [2.24, 2.45) is 0 Å². The van der Waals surface area contributed by atoms with E-state index in [0.29, 0.717) is 26.9 Å². The van der Waals surface area contributed by atoms with Crippen molar-refractivity contribution in [3.8, 4) is 6.07 Å². The zero-order valence-corrected chi connectivity index (χ0v) is 13.7. The number of halogens is 2. The molecule has 2 aromatic rings. The van der Waals surface area contributed by atoms with Gasteiger partial charge in [-0.2, -0.15) is 5.26 Å². The van der Waals surface area contributed by atoms with Gasteiger partial charge in [0, 0.05) is 26.9 Å². The van der Waals surface area contributed by atoms with Gasteiger partial charge in [-0.25, -0.2) is 0 Å². The Balaban J connectivity index is 2.46. The number of carbonyl (C=O) groups is 1. The average molecular weight is 333 g/mol. The minimum absolute atomic E-state index is 0.0792. The first-order valence-electron chi connectivity index (χ1n) is 6.65. The number of hydrogen-bond acceptors (Lipinski definition) is 3. The minimum atomic E-state index is -0.749. The van der Waals surface area contributed by atoms with E-state index in [-0.39, 0.29) is 5.78 Å². The fourth-order valence-electron chi connectivity index (χ4n) is 2.20. The number of anilines is 1. The van der Waals surface area contributed by atoms with Crippen LogP contribution in [0, 0.1) is 18.3 Å². The average Bonchev–Trinajstić information content (AvgIpc) is 2.45. The van der Waals surface area contributed by atoms with Gasteiger partial charge < -0.3 is 5.32 Å². The fourth-order valence-corrected chi connectivity index (χ4v) is 2.81. The summed E-state index contributed by atoms with van der Waals surface area (Å²) in [5.74, 6) is -0.0792. The summed E-state index contributed by atoms with van der Waals surface area (Å²) < 4.78 is 0. The largest absolute Gasteiger partial charge is 0.365 e. The summed E-state index contributed by atoms with van der Waals surface area (Å²) in [7, 11) is 0. The van der Waals surface area contributed by atoms with E-state index in [9.17, 15) is 10.1 Å². The van der Waals surface area contributed by atoms with E-state index >= 15 is 0 Å². The zero-order chi connectivity index (χ0) is 16.3. The lowest BCUT2D eigenvalue weighted by atomic mass is 10.0. The van der Waals surface area contributed by atoms with E-state index in [0.717, 1.165) is 5.56 Å². The van der Waals surface area contributed by atoms with E-state index in [4.69, 9.17) is 23.2 Å². The van der Waals surface area contributed by atoms with Gasteiger partial charge in [-0.3, -0.25) is 4.79 Å². The van der Waals surface area contributed by atoms with Crippen molar-refractivity contribution in [2.75, 3.05) is 5.32 Å². The molecule has 0 spiro atoms. The third kappa shape index (κ3) is 3.41. The number of nitrogens with zero attached hydrogens (tertiary/aromatic N) is 1. The monoisotopic (exact) mass is 332 g/mol. The van der Waals surface area contributed by atoms with Crippen LogP contribution in [-0.4, -0.2) is 5.78 Å². The Hall–Kier alpha value is -2.02.